The quantitative estimate of drug-likeness (QED) is 0.767. The van der Waals surface area contributed by atoms with Crippen molar-refractivity contribution >= 4 is 23.3 Å². The van der Waals surface area contributed by atoms with Crippen LogP contribution in [0.2, 0.25) is 0 Å². The fraction of sp³-hybridized carbons (Fsp3) is 0.278. The summed E-state index contributed by atoms with van der Waals surface area (Å²) in [5.41, 5.74) is 1.21. The van der Waals surface area contributed by atoms with Crippen LogP contribution in [0.1, 0.15) is 31.6 Å². The normalized spacial score (nSPS) is 12.5. The average molecular weight is 299 g/mol. The Labute approximate surface area is 130 Å². The molecule has 1 unspecified atom stereocenters. The van der Waals surface area contributed by atoms with E-state index in [1.165, 1.54) is 10.4 Å². The molecule has 1 aromatic carbocycles. The Morgan fingerprint density at radius 3 is 2.71 bits per heavy atom. The topological polar surface area (TPSA) is 29.1 Å². The number of carbonyl (C=O) groups excluding carboxylic acids is 1. The minimum absolute atomic E-state index is 0.0226. The van der Waals surface area contributed by atoms with Crippen LogP contribution in [-0.2, 0) is 4.79 Å². The van der Waals surface area contributed by atoms with Crippen molar-refractivity contribution in [2.24, 2.45) is 0 Å². The zero-order valence-corrected chi connectivity index (χ0v) is 13.3. The van der Waals surface area contributed by atoms with Crippen molar-refractivity contribution in [3.63, 3.8) is 0 Å². The fourth-order valence-electron chi connectivity index (χ4n) is 2.15. The Kier molecular flexibility index (Phi) is 5.76. The van der Waals surface area contributed by atoms with E-state index in [1.54, 1.807) is 17.4 Å². The summed E-state index contributed by atoms with van der Waals surface area (Å²) in [5, 5.41) is 2.97. The fourth-order valence-corrected chi connectivity index (χ4v) is 3.07. The van der Waals surface area contributed by atoms with E-state index in [2.05, 4.69) is 30.4 Å². The van der Waals surface area contributed by atoms with Crippen molar-refractivity contribution in [2.75, 3.05) is 0 Å². The van der Waals surface area contributed by atoms with Crippen molar-refractivity contribution < 1.29 is 4.79 Å². The zero-order valence-electron chi connectivity index (χ0n) is 12.5. The number of rotatable bonds is 6. The number of hydrogen-bond donors (Lipinski definition) is 1. The van der Waals surface area contributed by atoms with Crippen LogP contribution < -0.4 is 5.32 Å². The Balaban J connectivity index is 1.96. The lowest BCUT2D eigenvalue weighted by atomic mass is 10.2. The van der Waals surface area contributed by atoms with Crippen molar-refractivity contribution in [1.29, 1.82) is 0 Å². The molecule has 0 bridgehead atoms. The molecule has 0 radical (unpaired) electrons. The summed E-state index contributed by atoms with van der Waals surface area (Å²) < 4.78 is 0. The number of nitrogens with one attached hydrogen (secondary N) is 1. The van der Waals surface area contributed by atoms with Gasteiger partial charge in [0.05, 0.1) is 0 Å². The maximum absolute atomic E-state index is 11.8. The summed E-state index contributed by atoms with van der Waals surface area (Å²) in [4.78, 5) is 14.1. The summed E-state index contributed by atoms with van der Waals surface area (Å²) in [6, 6.07) is 14.6. The molecule has 2 aromatic rings. The van der Waals surface area contributed by atoms with Gasteiger partial charge >= 0.3 is 0 Å². The van der Waals surface area contributed by atoms with Gasteiger partial charge in [-0.15, -0.1) is 11.3 Å². The number of carbonyl (C=O) groups is 1. The number of hydrogen-bond acceptors (Lipinski definition) is 2. The number of benzene rings is 1. The molecular weight excluding hydrogens is 278 g/mol. The highest BCUT2D eigenvalue weighted by Gasteiger charge is 2.04. The van der Waals surface area contributed by atoms with Gasteiger partial charge in [-0.05, 0) is 37.1 Å². The van der Waals surface area contributed by atoms with E-state index in [4.69, 9.17) is 0 Å². The Morgan fingerprint density at radius 1 is 1.24 bits per heavy atom. The van der Waals surface area contributed by atoms with Crippen LogP contribution in [0.3, 0.4) is 0 Å². The van der Waals surface area contributed by atoms with E-state index in [0.717, 1.165) is 17.7 Å². The summed E-state index contributed by atoms with van der Waals surface area (Å²) in [6.07, 6.45) is 5.59. The molecule has 1 atom stereocenters. The second kappa shape index (κ2) is 7.79. The van der Waals surface area contributed by atoms with Crippen molar-refractivity contribution in [2.45, 2.75) is 32.7 Å². The van der Waals surface area contributed by atoms with Gasteiger partial charge in [0, 0.05) is 21.9 Å². The van der Waals surface area contributed by atoms with Crippen LogP contribution in [0.25, 0.3) is 16.5 Å². The molecule has 110 valence electrons. The lowest BCUT2D eigenvalue weighted by molar-refractivity contribution is -0.117. The molecular formula is C18H21NOS. The van der Waals surface area contributed by atoms with E-state index in [0.29, 0.717) is 0 Å². The monoisotopic (exact) mass is 299 g/mol. The molecule has 3 heteroatoms. The summed E-state index contributed by atoms with van der Waals surface area (Å²) in [7, 11) is 0. The molecule has 21 heavy (non-hydrogen) atoms. The van der Waals surface area contributed by atoms with E-state index in [1.807, 2.05) is 37.3 Å². The van der Waals surface area contributed by atoms with Gasteiger partial charge < -0.3 is 5.32 Å². The molecule has 2 nitrogen and oxygen atoms in total. The molecule has 0 spiro atoms. The molecule has 1 N–H and O–H groups in total. The first-order valence-electron chi connectivity index (χ1n) is 7.33. The maximum atomic E-state index is 11.8. The third-order valence-electron chi connectivity index (χ3n) is 3.19. The second-order valence-corrected chi connectivity index (χ2v) is 6.22. The summed E-state index contributed by atoms with van der Waals surface area (Å²) in [6.45, 7) is 4.16. The lowest BCUT2D eigenvalue weighted by Gasteiger charge is -2.10. The third kappa shape index (κ3) is 4.87. The molecule has 0 aliphatic rings. The number of thiophene rings is 1. The van der Waals surface area contributed by atoms with Crippen LogP contribution in [0, 0.1) is 0 Å². The molecule has 0 aliphatic carbocycles. The predicted molar refractivity (Wildman–Crippen MR) is 91.3 cm³/mol. The van der Waals surface area contributed by atoms with Crippen molar-refractivity contribution in [3.05, 3.63) is 53.4 Å². The summed E-state index contributed by atoms with van der Waals surface area (Å²) in [5.74, 6) is -0.0226. The van der Waals surface area contributed by atoms with Gasteiger partial charge in [-0.2, -0.15) is 0 Å². The van der Waals surface area contributed by atoms with E-state index in [9.17, 15) is 4.79 Å². The smallest absolute Gasteiger partial charge is 0.244 e. The Hall–Kier alpha value is -1.87. The minimum atomic E-state index is -0.0226. The largest absolute Gasteiger partial charge is 0.350 e. The van der Waals surface area contributed by atoms with Gasteiger partial charge in [0.1, 0.15) is 0 Å². The van der Waals surface area contributed by atoms with E-state index >= 15 is 0 Å². The standard InChI is InChI=1S/C18H21NOS/c1-3-7-14(2)19-18(20)13-11-16-10-12-17(21-16)15-8-5-4-6-9-15/h4-6,8-14H,3,7H2,1-2H3,(H,19,20)/b13-11+. The number of amides is 1. The first-order valence-corrected chi connectivity index (χ1v) is 8.14. The van der Waals surface area contributed by atoms with Gasteiger partial charge in [-0.3, -0.25) is 4.79 Å². The van der Waals surface area contributed by atoms with Crippen LogP contribution in [0.15, 0.2) is 48.5 Å². The lowest BCUT2D eigenvalue weighted by Crippen LogP contribution is -2.30. The Morgan fingerprint density at radius 2 is 2.00 bits per heavy atom. The first kappa shape index (κ1) is 15.5. The maximum Gasteiger partial charge on any atom is 0.244 e. The Bertz CT molecular complexity index is 601. The average Bonchev–Trinajstić information content (AvgIpc) is 2.95. The van der Waals surface area contributed by atoms with Gasteiger partial charge in [-0.25, -0.2) is 0 Å². The molecule has 1 aromatic heterocycles. The minimum Gasteiger partial charge on any atom is -0.350 e. The zero-order chi connectivity index (χ0) is 15.1. The molecule has 0 saturated heterocycles. The second-order valence-electron chi connectivity index (χ2n) is 5.10. The highest BCUT2D eigenvalue weighted by Crippen LogP contribution is 2.28. The molecule has 0 aliphatic heterocycles. The highest BCUT2D eigenvalue weighted by atomic mass is 32.1. The third-order valence-corrected chi connectivity index (χ3v) is 4.29. The SMILES string of the molecule is CCCC(C)NC(=O)/C=C/c1ccc(-c2ccccc2)s1. The van der Waals surface area contributed by atoms with E-state index in [-0.39, 0.29) is 11.9 Å². The van der Waals surface area contributed by atoms with Crippen molar-refractivity contribution in [3.8, 4) is 10.4 Å². The van der Waals surface area contributed by atoms with E-state index < -0.39 is 0 Å². The molecule has 0 saturated carbocycles. The van der Waals surface area contributed by atoms with Crippen LogP contribution in [0.5, 0.6) is 0 Å². The van der Waals surface area contributed by atoms with Crippen LogP contribution >= 0.6 is 11.3 Å². The van der Waals surface area contributed by atoms with Gasteiger partial charge in [-0.1, -0.05) is 43.7 Å². The van der Waals surface area contributed by atoms with Gasteiger partial charge in [0.15, 0.2) is 0 Å². The molecule has 1 amide bonds. The molecule has 1 heterocycles. The predicted octanol–water partition coefficient (Wildman–Crippen LogP) is 4.73. The first-order chi connectivity index (χ1) is 10.2. The molecule has 0 fully saturated rings. The van der Waals surface area contributed by atoms with Gasteiger partial charge in [0.2, 0.25) is 5.91 Å². The van der Waals surface area contributed by atoms with Crippen LogP contribution in [0.4, 0.5) is 0 Å². The van der Waals surface area contributed by atoms with Gasteiger partial charge in [0.25, 0.3) is 0 Å². The van der Waals surface area contributed by atoms with Crippen molar-refractivity contribution in [1.82, 2.24) is 5.32 Å². The van der Waals surface area contributed by atoms with Crippen LogP contribution in [-0.4, -0.2) is 11.9 Å². The summed E-state index contributed by atoms with van der Waals surface area (Å²) >= 11 is 1.69. The highest BCUT2D eigenvalue weighted by molar-refractivity contribution is 7.16. The molecule has 2 rings (SSSR count).